The molecule has 5 nitrogen and oxygen atoms in total. The van der Waals surface area contributed by atoms with Crippen molar-refractivity contribution in [2.45, 2.75) is 13.0 Å². The average molecular weight is 254 g/mol. The molecule has 2 rings (SSSR count). The van der Waals surface area contributed by atoms with Gasteiger partial charge in [-0.1, -0.05) is 0 Å². The first kappa shape index (κ1) is 12.1. The number of esters is 1. The molecule has 1 amide bonds. The highest BCUT2D eigenvalue weighted by Gasteiger charge is 2.30. The third kappa shape index (κ3) is 2.83. The third-order valence-electron chi connectivity index (χ3n) is 2.65. The Bertz CT molecular complexity index is 444. The Labute approximate surface area is 103 Å². The van der Waals surface area contributed by atoms with Crippen molar-refractivity contribution in [3.05, 3.63) is 16.3 Å². The topological polar surface area (TPSA) is 58.4 Å². The minimum atomic E-state index is -0.421. The standard InChI is InChI=1S/C11H14N2O3S/c1-7-5-13(7)6-9(14)12-8-3-4-17-10(8)11(15)16-2/h3-4,7H,5-6H2,1-2H3,(H,12,14)/t7-,13?/m0/s1. The molecule has 92 valence electrons. The van der Waals surface area contributed by atoms with Crippen molar-refractivity contribution < 1.29 is 14.3 Å². The van der Waals surface area contributed by atoms with Crippen LogP contribution < -0.4 is 5.32 Å². The SMILES string of the molecule is COC(=O)c1sccc1NC(=O)CN1C[C@@H]1C. The summed E-state index contributed by atoms with van der Waals surface area (Å²) in [5.74, 6) is -0.520. The molecule has 2 atom stereocenters. The number of hydrogen-bond acceptors (Lipinski definition) is 5. The molecule has 0 saturated carbocycles. The molecule has 2 heterocycles. The summed E-state index contributed by atoms with van der Waals surface area (Å²) in [6.07, 6.45) is 0. The number of nitrogens with zero attached hydrogens (tertiary/aromatic N) is 1. The molecule has 1 unspecified atom stereocenters. The number of methoxy groups -OCH3 is 1. The highest BCUT2D eigenvalue weighted by molar-refractivity contribution is 7.12. The molecular weight excluding hydrogens is 240 g/mol. The lowest BCUT2D eigenvalue weighted by Crippen LogP contribution is -2.22. The lowest BCUT2D eigenvalue weighted by molar-refractivity contribution is -0.116. The Morgan fingerprint density at radius 3 is 2.94 bits per heavy atom. The van der Waals surface area contributed by atoms with Gasteiger partial charge in [-0.3, -0.25) is 9.69 Å². The van der Waals surface area contributed by atoms with Crippen molar-refractivity contribution >= 4 is 28.9 Å². The van der Waals surface area contributed by atoms with Crippen molar-refractivity contribution in [3.63, 3.8) is 0 Å². The number of amides is 1. The fourth-order valence-corrected chi connectivity index (χ4v) is 2.31. The highest BCUT2D eigenvalue weighted by atomic mass is 32.1. The van der Waals surface area contributed by atoms with Crippen LogP contribution in [0.4, 0.5) is 5.69 Å². The zero-order valence-corrected chi connectivity index (χ0v) is 10.5. The Hall–Kier alpha value is -1.40. The van der Waals surface area contributed by atoms with Crippen LogP contribution in [0, 0.1) is 0 Å². The Morgan fingerprint density at radius 1 is 1.65 bits per heavy atom. The quantitative estimate of drug-likeness (QED) is 0.647. The Balaban J connectivity index is 1.96. The molecule has 1 aliphatic rings. The number of carbonyl (C=O) groups excluding carboxylic acids is 2. The van der Waals surface area contributed by atoms with E-state index in [0.717, 1.165) is 6.54 Å². The van der Waals surface area contributed by atoms with Crippen LogP contribution in [0.15, 0.2) is 11.4 Å². The largest absolute Gasteiger partial charge is 0.465 e. The lowest BCUT2D eigenvalue weighted by Gasteiger charge is -2.05. The number of thiophene rings is 1. The van der Waals surface area contributed by atoms with Crippen LogP contribution >= 0.6 is 11.3 Å². The summed E-state index contributed by atoms with van der Waals surface area (Å²) in [5.41, 5.74) is 0.529. The molecule has 1 N–H and O–H groups in total. The molecule has 1 fully saturated rings. The molecule has 17 heavy (non-hydrogen) atoms. The summed E-state index contributed by atoms with van der Waals surface area (Å²) in [5, 5.41) is 4.48. The van der Waals surface area contributed by atoms with Gasteiger partial charge in [0, 0.05) is 12.6 Å². The van der Waals surface area contributed by atoms with Crippen LogP contribution in [0.25, 0.3) is 0 Å². The monoisotopic (exact) mass is 254 g/mol. The second kappa shape index (κ2) is 4.85. The van der Waals surface area contributed by atoms with Crippen LogP contribution in [-0.2, 0) is 9.53 Å². The van der Waals surface area contributed by atoms with E-state index < -0.39 is 5.97 Å². The van der Waals surface area contributed by atoms with E-state index in [-0.39, 0.29) is 5.91 Å². The zero-order valence-electron chi connectivity index (χ0n) is 9.73. The van der Waals surface area contributed by atoms with E-state index in [1.54, 1.807) is 11.4 Å². The number of rotatable bonds is 4. The van der Waals surface area contributed by atoms with E-state index in [4.69, 9.17) is 0 Å². The van der Waals surface area contributed by atoms with Gasteiger partial charge in [0.2, 0.25) is 5.91 Å². The summed E-state index contributed by atoms with van der Waals surface area (Å²) in [7, 11) is 1.32. The van der Waals surface area contributed by atoms with Crippen LogP contribution in [-0.4, -0.2) is 43.0 Å². The van der Waals surface area contributed by atoms with Crippen LogP contribution in [0.3, 0.4) is 0 Å². The van der Waals surface area contributed by atoms with Gasteiger partial charge in [0.1, 0.15) is 4.88 Å². The Kier molecular flexibility index (Phi) is 3.44. The first-order chi connectivity index (χ1) is 8.11. The second-order valence-electron chi connectivity index (χ2n) is 3.98. The third-order valence-corrected chi connectivity index (χ3v) is 3.54. The summed E-state index contributed by atoms with van der Waals surface area (Å²) < 4.78 is 4.64. The molecule has 6 heteroatoms. The first-order valence-corrected chi connectivity index (χ1v) is 6.19. The van der Waals surface area contributed by atoms with Crippen LogP contribution in [0.2, 0.25) is 0 Å². The first-order valence-electron chi connectivity index (χ1n) is 5.31. The van der Waals surface area contributed by atoms with Crippen LogP contribution in [0.5, 0.6) is 0 Å². The molecule has 1 saturated heterocycles. The van der Waals surface area contributed by atoms with Crippen molar-refractivity contribution in [3.8, 4) is 0 Å². The number of ether oxygens (including phenoxy) is 1. The summed E-state index contributed by atoms with van der Waals surface area (Å²) in [6.45, 7) is 3.40. The predicted molar refractivity (Wildman–Crippen MR) is 65.3 cm³/mol. The summed E-state index contributed by atoms with van der Waals surface area (Å²) in [4.78, 5) is 25.5. The zero-order chi connectivity index (χ0) is 12.4. The summed E-state index contributed by atoms with van der Waals surface area (Å²) >= 11 is 1.26. The second-order valence-corrected chi connectivity index (χ2v) is 4.90. The highest BCUT2D eigenvalue weighted by Crippen LogP contribution is 2.23. The van der Waals surface area contributed by atoms with Crippen molar-refractivity contribution in [1.29, 1.82) is 0 Å². The fourth-order valence-electron chi connectivity index (χ4n) is 1.55. The lowest BCUT2D eigenvalue weighted by atomic mass is 10.3. The van der Waals surface area contributed by atoms with Gasteiger partial charge in [-0.2, -0.15) is 0 Å². The number of anilines is 1. The molecule has 1 aromatic heterocycles. The van der Waals surface area contributed by atoms with Gasteiger partial charge in [-0.05, 0) is 18.4 Å². The van der Waals surface area contributed by atoms with E-state index in [2.05, 4.69) is 17.0 Å². The molecule has 0 bridgehead atoms. The number of hydrogen-bond donors (Lipinski definition) is 1. The van der Waals surface area contributed by atoms with E-state index in [9.17, 15) is 9.59 Å². The fraction of sp³-hybridized carbons (Fsp3) is 0.455. The molecule has 0 spiro atoms. The van der Waals surface area contributed by atoms with Crippen molar-refractivity contribution in [2.75, 3.05) is 25.5 Å². The predicted octanol–water partition coefficient (Wildman–Crippen LogP) is 1.18. The molecule has 1 aliphatic heterocycles. The maximum atomic E-state index is 11.7. The van der Waals surface area contributed by atoms with Gasteiger partial charge in [0.25, 0.3) is 0 Å². The number of carbonyl (C=O) groups is 2. The van der Waals surface area contributed by atoms with Crippen LogP contribution in [0.1, 0.15) is 16.6 Å². The van der Waals surface area contributed by atoms with Crippen molar-refractivity contribution in [2.24, 2.45) is 0 Å². The molecule has 0 aliphatic carbocycles. The van der Waals surface area contributed by atoms with Gasteiger partial charge in [-0.25, -0.2) is 4.79 Å². The average Bonchev–Trinajstić information content (AvgIpc) is 2.80. The van der Waals surface area contributed by atoms with Gasteiger partial charge >= 0.3 is 5.97 Å². The van der Waals surface area contributed by atoms with Crippen molar-refractivity contribution in [1.82, 2.24) is 4.90 Å². The van der Waals surface area contributed by atoms with Gasteiger partial charge in [0.15, 0.2) is 0 Å². The molecule has 1 aromatic rings. The van der Waals surface area contributed by atoms with Gasteiger partial charge in [-0.15, -0.1) is 11.3 Å². The maximum Gasteiger partial charge on any atom is 0.350 e. The minimum Gasteiger partial charge on any atom is -0.465 e. The van der Waals surface area contributed by atoms with Gasteiger partial charge < -0.3 is 10.1 Å². The van der Waals surface area contributed by atoms with Gasteiger partial charge in [0.05, 0.1) is 19.3 Å². The molecule has 0 aromatic carbocycles. The van der Waals surface area contributed by atoms with E-state index >= 15 is 0 Å². The van der Waals surface area contributed by atoms with E-state index in [0.29, 0.717) is 23.2 Å². The minimum absolute atomic E-state index is 0.0992. The molecular formula is C11H14N2O3S. The number of nitrogens with one attached hydrogen (secondary N) is 1. The normalized spacial score (nSPS) is 22.0. The van der Waals surface area contributed by atoms with E-state index in [1.165, 1.54) is 18.4 Å². The van der Waals surface area contributed by atoms with E-state index in [1.807, 2.05) is 4.90 Å². The Morgan fingerprint density at radius 2 is 2.35 bits per heavy atom. The smallest absolute Gasteiger partial charge is 0.350 e. The molecule has 0 radical (unpaired) electrons. The summed E-state index contributed by atoms with van der Waals surface area (Å²) in [6, 6.07) is 2.20. The maximum absolute atomic E-state index is 11.7.